The minimum absolute atomic E-state index is 0.273. The molecule has 0 radical (unpaired) electrons. The van der Waals surface area contributed by atoms with E-state index >= 15 is 0 Å². The van der Waals surface area contributed by atoms with E-state index in [0.29, 0.717) is 21.9 Å². The minimum Gasteiger partial charge on any atom is -0.497 e. The molecule has 0 N–H and O–H groups in total. The second-order valence-corrected chi connectivity index (χ2v) is 9.81. The van der Waals surface area contributed by atoms with Gasteiger partial charge in [0.15, 0.2) is 9.84 Å². The Morgan fingerprint density at radius 1 is 0.967 bits per heavy atom. The van der Waals surface area contributed by atoms with Crippen LogP contribution in [-0.2, 0) is 15.6 Å². The average Bonchev–Trinajstić information content (AvgIpc) is 2.74. The number of sulfone groups is 1. The summed E-state index contributed by atoms with van der Waals surface area (Å²) in [5.74, 6) is -0.238. The monoisotopic (exact) mass is 504 g/mol. The molecule has 0 bridgehead atoms. The zero-order valence-corrected chi connectivity index (χ0v) is 19.2. The zero-order chi connectivity index (χ0) is 21.7. The van der Waals surface area contributed by atoms with E-state index < -0.39 is 15.6 Å². The van der Waals surface area contributed by atoms with E-state index in [1.54, 1.807) is 79.9 Å². The predicted octanol–water partition coefficient (Wildman–Crippen LogP) is 5.95. The van der Waals surface area contributed by atoms with Gasteiger partial charge in [-0.05, 0) is 65.7 Å². The Morgan fingerprint density at radius 2 is 1.57 bits per heavy atom. The molecular formula is C23H18BrClO4S. The number of allylic oxidation sites excluding steroid dienone is 1. The van der Waals surface area contributed by atoms with Crippen molar-refractivity contribution in [2.75, 3.05) is 7.11 Å². The highest BCUT2D eigenvalue weighted by molar-refractivity contribution is 9.10. The molecule has 0 aromatic heterocycles. The van der Waals surface area contributed by atoms with Crippen LogP contribution in [0, 0.1) is 0 Å². The molecule has 3 aromatic carbocycles. The summed E-state index contributed by atoms with van der Waals surface area (Å²) in [6.07, 6.45) is 1.40. The Morgan fingerprint density at radius 3 is 2.13 bits per heavy atom. The number of carbonyl (C=O) groups is 1. The quantitative estimate of drug-likeness (QED) is 0.294. The predicted molar refractivity (Wildman–Crippen MR) is 124 cm³/mol. The molecule has 7 heteroatoms. The van der Waals surface area contributed by atoms with Crippen LogP contribution in [0.1, 0.15) is 21.5 Å². The van der Waals surface area contributed by atoms with Gasteiger partial charge in [0.1, 0.15) is 10.7 Å². The topological polar surface area (TPSA) is 60.4 Å². The van der Waals surface area contributed by atoms with Crippen LogP contribution in [0.3, 0.4) is 0 Å². The molecule has 0 heterocycles. The number of halogens is 2. The first-order valence-corrected chi connectivity index (χ1v) is 11.7. The van der Waals surface area contributed by atoms with Gasteiger partial charge in [-0.15, -0.1) is 0 Å². The molecule has 30 heavy (non-hydrogen) atoms. The lowest BCUT2D eigenvalue weighted by Crippen LogP contribution is -2.16. The molecule has 4 nitrogen and oxygen atoms in total. The third kappa shape index (κ3) is 5.59. The summed E-state index contributed by atoms with van der Waals surface area (Å²) in [5, 5.41) is 0.510. The van der Waals surface area contributed by atoms with Crippen LogP contribution in [0.5, 0.6) is 5.75 Å². The lowest BCUT2D eigenvalue weighted by Gasteiger charge is -2.10. The van der Waals surface area contributed by atoms with Gasteiger partial charge in [-0.2, -0.15) is 0 Å². The Labute approximate surface area is 189 Å². The highest BCUT2D eigenvalue weighted by Gasteiger charge is 2.26. The first-order valence-electron chi connectivity index (χ1n) is 8.92. The van der Waals surface area contributed by atoms with Gasteiger partial charge in [0, 0.05) is 15.1 Å². The number of rotatable bonds is 7. The summed E-state index contributed by atoms with van der Waals surface area (Å²) in [6.45, 7) is 0. The minimum atomic E-state index is -3.93. The SMILES string of the molecule is COc1ccc(C=C(C(=O)c2ccc(Br)cc2)S(=O)(=O)Cc2ccc(Cl)cc2)cc1. The molecule has 3 rings (SSSR count). The van der Waals surface area contributed by atoms with Crippen LogP contribution >= 0.6 is 27.5 Å². The maximum atomic E-state index is 13.2. The van der Waals surface area contributed by atoms with Crippen LogP contribution in [0.15, 0.2) is 82.2 Å². The summed E-state index contributed by atoms with van der Waals surface area (Å²) in [4.78, 5) is 12.9. The van der Waals surface area contributed by atoms with Gasteiger partial charge >= 0.3 is 0 Å². The summed E-state index contributed by atoms with van der Waals surface area (Å²) < 4.78 is 32.4. The Hall–Kier alpha value is -2.41. The van der Waals surface area contributed by atoms with Crippen molar-refractivity contribution < 1.29 is 17.9 Å². The Balaban J connectivity index is 2.05. The summed E-state index contributed by atoms with van der Waals surface area (Å²) in [7, 11) is -2.39. The van der Waals surface area contributed by atoms with Crippen molar-refractivity contribution in [1.82, 2.24) is 0 Å². The van der Waals surface area contributed by atoms with Gasteiger partial charge in [0.2, 0.25) is 5.78 Å². The normalized spacial score (nSPS) is 11.9. The van der Waals surface area contributed by atoms with Crippen LogP contribution < -0.4 is 4.74 Å². The number of hydrogen-bond acceptors (Lipinski definition) is 4. The van der Waals surface area contributed by atoms with Gasteiger partial charge in [-0.1, -0.05) is 51.8 Å². The fourth-order valence-corrected chi connectivity index (χ4v) is 4.66. The molecule has 3 aromatic rings. The first kappa shape index (κ1) is 22.3. The molecule has 0 aliphatic rings. The third-order valence-electron chi connectivity index (χ3n) is 4.35. The summed E-state index contributed by atoms with van der Waals surface area (Å²) in [6, 6.07) is 19.9. The lowest BCUT2D eigenvalue weighted by atomic mass is 10.1. The van der Waals surface area contributed by atoms with Crippen molar-refractivity contribution in [2.45, 2.75) is 5.75 Å². The second-order valence-electron chi connectivity index (χ2n) is 6.50. The molecule has 0 saturated carbocycles. The maximum absolute atomic E-state index is 13.2. The van der Waals surface area contributed by atoms with Crippen molar-refractivity contribution >= 4 is 49.2 Å². The molecule has 0 fully saturated rings. The zero-order valence-electron chi connectivity index (χ0n) is 16.0. The standard InChI is InChI=1S/C23H18BrClO4S/c1-29-21-12-4-16(5-13-21)14-22(23(26)18-6-8-19(24)9-7-18)30(27,28)15-17-2-10-20(25)11-3-17/h2-14H,15H2,1H3. The van der Waals surface area contributed by atoms with Crippen molar-refractivity contribution in [2.24, 2.45) is 0 Å². The average molecular weight is 506 g/mol. The number of carbonyl (C=O) groups excluding carboxylic acids is 1. The van der Waals surface area contributed by atoms with E-state index in [2.05, 4.69) is 15.9 Å². The molecule has 0 atom stereocenters. The van der Waals surface area contributed by atoms with Gasteiger partial charge in [-0.3, -0.25) is 4.79 Å². The Bertz CT molecular complexity index is 1170. The van der Waals surface area contributed by atoms with E-state index in [1.807, 2.05) is 0 Å². The molecule has 0 spiro atoms. The fraction of sp³-hybridized carbons (Fsp3) is 0.0870. The number of ketones is 1. The van der Waals surface area contributed by atoms with Crippen molar-refractivity contribution in [3.63, 3.8) is 0 Å². The molecule has 0 amide bonds. The van der Waals surface area contributed by atoms with Crippen LogP contribution in [0.2, 0.25) is 5.02 Å². The molecule has 0 saturated heterocycles. The molecule has 154 valence electrons. The van der Waals surface area contributed by atoms with Crippen LogP contribution in [-0.4, -0.2) is 21.3 Å². The molecule has 0 aliphatic heterocycles. The van der Waals surface area contributed by atoms with Gasteiger partial charge in [0.25, 0.3) is 0 Å². The smallest absolute Gasteiger partial charge is 0.204 e. The number of Topliss-reactive ketones (excluding diaryl/α,β-unsaturated/α-hetero) is 1. The third-order valence-corrected chi connectivity index (χ3v) is 6.82. The summed E-state index contributed by atoms with van der Waals surface area (Å²) in [5.41, 5.74) is 1.41. The first-order chi connectivity index (χ1) is 14.3. The lowest BCUT2D eigenvalue weighted by molar-refractivity contribution is 0.104. The molecule has 0 unspecified atom stereocenters. The van der Waals surface area contributed by atoms with Gasteiger partial charge in [-0.25, -0.2) is 8.42 Å². The van der Waals surface area contributed by atoms with E-state index in [4.69, 9.17) is 16.3 Å². The van der Waals surface area contributed by atoms with E-state index in [-0.39, 0.29) is 16.2 Å². The van der Waals surface area contributed by atoms with E-state index in [0.717, 1.165) is 4.47 Å². The van der Waals surface area contributed by atoms with E-state index in [9.17, 15) is 13.2 Å². The van der Waals surface area contributed by atoms with Crippen molar-refractivity contribution in [1.29, 1.82) is 0 Å². The molecular weight excluding hydrogens is 488 g/mol. The largest absolute Gasteiger partial charge is 0.497 e. The van der Waals surface area contributed by atoms with Gasteiger partial charge in [0.05, 0.1) is 12.9 Å². The van der Waals surface area contributed by atoms with Crippen LogP contribution in [0.4, 0.5) is 0 Å². The number of methoxy groups -OCH3 is 1. The molecule has 0 aliphatic carbocycles. The number of hydrogen-bond donors (Lipinski definition) is 0. The second kappa shape index (κ2) is 9.60. The van der Waals surface area contributed by atoms with Gasteiger partial charge < -0.3 is 4.74 Å². The Kier molecular flexibility index (Phi) is 7.13. The summed E-state index contributed by atoms with van der Waals surface area (Å²) >= 11 is 9.21. The van der Waals surface area contributed by atoms with Crippen LogP contribution in [0.25, 0.3) is 6.08 Å². The van der Waals surface area contributed by atoms with E-state index in [1.165, 1.54) is 6.08 Å². The maximum Gasteiger partial charge on any atom is 0.204 e. The fourth-order valence-electron chi connectivity index (χ4n) is 2.77. The van der Waals surface area contributed by atoms with Crippen molar-refractivity contribution in [3.8, 4) is 5.75 Å². The number of ether oxygens (including phenoxy) is 1. The highest BCUT2D eigenvalue weighted by Crippen LogP contribution is 2.24. The van der Waals surface area contributed by atoms with Crippen molar-refractivity contribution in [3.05, 3.63) is 104 Å². The number of benzene rings is 3. The highest BCUT2D eigenvalue weighted by atomic mass is 79.9.